The smallest absolute Gasteiger partial charge is 0.122 e. The molecule has 108 valence electrons. The van der Waals surface area contributed by atoms with Crippen LogP contribution in [0.3, 0.4) is 0 Å². The molecule has 0 aliphatic heterocycles. The number of ether oxygens (including phenoxy) is 1. The van der Waals surface area contributed by atoms with E-state index in [2.05, 4.69) is 58.0 Å². The molecule has 0 saturated heterocycles. The van der Waals surface area contributed by atoms with Gasteiger partial charge in [-0.3, -0.25) is 0 Å². The highest BCUT2D eigenvalue weighted by Gasteiger charge is 2.31. The van der Waals surface area contributed by atoms with Crippen LogP contribution in [-0.2, 0) is 0 Å². The van der Waals surface area contributed by atoms with Crippen molar-refractivity contribution in [2.45, 2.75) is 33.7 Å². The molecule has 0 aromatic heterocycles. The highest BCUT2D eigenvalue weighted by Crippen LogP contribution is 2.37. The van der Waals surface area contributed by atoms with E-state index in [1.54, 1.807) is 0 Å². The molecule has 1 aromatic carbocycles. The fourth-order valence-corrected chi connectivity index (χ4v) is 2.72. The van der Waals surface area contributed by atoms with Crippen LogP contribution < -0.4 is 10.5 Å². The van der Waals surface area contributed by atoms with Gasteiger partial charge in [-0.25, -0.2) is 0 Å². The van der Waals surface area contributed by atoms with Gasteiger partial charge in [-0.05, 0) is 57.1 Å². The van der Waals surface area contributed by atoms with Crippen LogP contribution in [0.4, 0.5) is 0 Å². The summed E-state index contributed by atoms with van der Waals surface area (Å²) in [5, 5.41) is 0. The van der Waals surface area contributed by atoms with E-state index in [0.29, 0.717) is 19.2 Å². The minimum Gasteiger partial charge on any atom is -0.494 e. The second-order valence-corrected chi connectivity index (χ2v) is 6.02. The zero-order chi connectivity index (χ0) is 14.6. The Kier molecular flexibility index (Phi) is 5.39. The Morgan fingerprint density at radius 1 is 1.32 bits per heavy atom. The van der Waals surface area contributed by atoms with Crippen LogP contribution >= 0.6 is 0 Å². The van der Waals surface area contributed by atoms with E-state index in [1.165, 1.54) is 11.1 Å². The van der Waals surface area contributed by atoms with Gasteiger partial charge in [0.25, 0.3) is 0 Å². The molecule has 1 atom stereocenters. The molecule has 0 saturated carbocycles. The molecule has 1 aromatic rings. The van der Waals surface area contributed by atoms with Crippen LogP contribution in [0.25, 0.3) is 0 Å². The number of rotatable bonds is 6. The van der Waals surface area contributed by atoms with Gasteiger partial charge in [-0.15, -0.1) is 0 Å². The zero-order valence-corrected chi connectivity index (χ0v) is 13.2. The number of nitrogens with two attached hydrogens (primary N) is 1. The maximum absolute atomic E-state index is 5.95. The molecule has 0 spiro atoms. The first kappa shape index (κ1) is 16.0. The Balaban J connectivity index is 3.15. The average Bonchev–Trinajstić information content (AvgIpc) is 2.32. The maximum Gasteiger partial charge on any atom is 0.122 e. The Labute approximate surface area is 117 Å². The number of aryl methyl sites for hydroxylation is 1. The van der Waals surface area contributed by atoms with Gasteiger partial charge in [-0.2, -0.15) is 0 Å². The number of nitrogens with zero attached hydrogens (tertiary/aromatic N) is 1. The summed E-state index contributed by atoms with van der Waals surface area (Å²) in [4.78, 5) is 2.24. The molecule has 1 rings (SSSR count). The number of benzene rings is 1. The first-order valence-electron chi connectivity index (χ1n) is 6.93. The SMILES string of the molecule is CCOc1ccc(C(N(C)C)C(C)(C)CN)cc1C. The monoisotopic (exact) mass is 264 g/mol. The minimum absolute atomic E-state index is 0.0308. The van der Waals surface area contributed by atoms with Crippen molar-refractivity contribution in [2.24, 2.45) is 11.1 Å². The van der Waals surface area contributed by atoms with Crippen LogP contribution in [-0.4, -0.2) is 32.1 Å². The van der Waals surface area contributed by atoms with E-state index in [-0.39, 0.29) is 5.41 Å². The van der Waals surface area contributed by atoms with Crippen molar-refractivity contribution in [1.82, 2.24) is 4.90 Å². The van der Waals surface area contributed by atoms with Crippen molar-refractivity contribution >= 4 is 0 Å². The second kappa shape index (κ2) is 6.40. The fraction of sp³-hybridized carbons (Fsp3) is 0.625. The summed E-state index contributed by atoms with van der Waals surface area (Å²) < 4.78 is 5.61. The van der Waals surface area contributed by atoms with Gasteiger partial charge < -0.3 is 15.4 Å². The van der Waals surface area contributed by atoms with Crippen molar-refractivity contribution in [1.29, 1.82) is 0 Å². The molecule has 0 heterocycles. The Bertz CT molecular complexity index is 413. The van der Waals surface area contributed by atoms with Crippen LogP contribution in [0.1, 0.15) is 37.9 Å². The number of hydrogen-bond acceptors (Lipinski definition) is 3. The van der Waals surface area contributed by atoms with Crippen LogP contribution in [0.5, 0.6) is 5.75 Å². The molecule has 0 aliphatic carbocycles. The lowest BCUT2D eigenvalue weighted by Gasteiger charge is -2.38. The van der Waals surface area contributed by atoms with E-state index in [9.17, 15) is 0 Å². The molecule has 0 bridgehead atoms. The molecular weight excluding hydrogens is 236 g/mol. The lowest BCUT2D eigenvalue weighted by molar-refractivity contribution is 0.143. The highest BCUT2D eigenvalue weighted by atomic mass is 16.5. The molecule has 1 unspecified atom stereocenters. The summed E-state index contributed by atoms with van der Waals surface area (Å²) in [6.45, 7) is 9.88. The van der Waals surface area contributed by atoms with Crippen molar-refractivity contribution < 1.29 is 4.74 Å². The van der Waals surface area contributed by atoms with Gasteiger partial charge in [0.05, 0.1) is 6.61 Å². The van der Waals surface area contributed by atoms with Gasteiger partial charge in [-0.1, -0.05) is 26.0 Å². The van der Waals surface area contributed by atoms with Crippen molar-refractivity contribution in [3.05, 3.63) is 29.3 Å². The summed E-state index contributed by atoms with van der Waals surface area (Å²) in [5.41, 5.74) is 8.45. The van der Waals surface area contributed by atoms with Gasteiger partial charge in [0.2, 0.25) is 0 Å². The third kappa shape index (κ3) is 3.71. The van der Waals surface area contributed by atoms with E-state index in [0.717, 1.165) is 5.75 Å². The predicted molar refractivity (Wildman–Crippen MR) is 81.6 cm³/mol. The van der Waals surface area contributed by atoms with Crippen molar-refractivity contribution in [3.8, 4) is 5.75 Å². The average molecular weight is 264 g/mol. The standard InChI is InChI=1S/C16H28N2O/c1-7-19-14-9-8-13(10-12(14)2)15(18(5)6)16(3,4)11-17/h8-10,15H,7,11,17H2,1-6H3. The zero-order valence-electron chi connectivity index (χ0n) is 13.2. The molecule has 3 nitrogen and oxygen atoms in total. The Morgan fingerprint density at radius 3 is 2.37 bits per heavy atom. The molecule has 0 fully saturated rings. The summed E-state index contributed by atoms with van der Waals surface area (Å²) in [6.07, 6.45) is 0. The Hall–Kier alpha value is -1.06. The van der Waals surface area contributed by atoms with Gasteiger partial charge >= 0.3 is 0 Å². The summed E-state index contributed by atoms with van der Waals surface area (Å²) >= 11 is 0. The summed E-state index contributed by atoms with van der Waals surface area (Å²) in [7, 11) is 4.21. The predicted octanol–water partition coefficient (Wildman–Crippen LogP) is 2.98. The second-order valence-electron chi connectivity index (χ2n) is 6.02. The van der Waals surface area contributed by atoms with E-state index >= 15 is 0 Å². The molecule has 2 N–H and O–H groups in total. The van der Waals surface area contributed by atoms with Crippen LogP contribution in [0, 0.1) is 12.3 Å². The topological polar surface area (TPSA) is 38.5 Å². The van der Waals surface area contributed by atoms with E-state index in [4.69, 9.17) is 10.5 Å². The molecular formula is C16H28N2O. The van der Waals surface area contributed by atoms with E-state index < -0.39 is 0 Å². The lowest BCUT2D eigenvalue weighted by Crippen LogP contribution is -2.38. The minimum atomic E-state index is 0.0308. The largest absolute Gasteiger partial charge is 0.494 e. The lowest BCUT2D eigenvalue weighted by atomic mass is 9.79. The maximum atomic E-state index is 5.95. The van der Waals surface area contributed by atoms with Gasteiger partial charge in [0.15, 0.2) is 0 Å². The van der Waals surface area contributed by atoms with Crippen LogP contribution in [0.15, 0.2) is 18.2 Å². The molecule has 0 amide bonds. The van der Waals surface area contributed by atoms with Gasteiger partial charge in [0, 0.05) is 6.04 Å². The highest BCUT2D eigenvalue weighted by molar-refractivity contribution is 5.38. The van der Waals surface area contributed by atoms with E-state index in [1.807, 2.05) is 6.92 Å². The molecule has 19 heavy (non-hydrogen) atoms. The first-order valence-corrected chi connectivity index (χ1v) is 6.93. The molecule has 0 radical (unpaired) electrons. The molecule has 3 heteroatoms. The van der Waals surface area contributed by atoms with Crippen molar-refractivity contribution in [2.75, 3.05) is 27.2 Å². The summed E-state index contributed by atoms with van der Waals surface area (Å²) in [6, 6.07) is 6.73. The van der Waals surface area contributed by atoms with Crippen LogP contribution in [0.2, 0.25) is 0 Å². The third-order valence-electron chi connectivity index (χ3n) is 3.60. The van der Waals surface area contributed by atoms with Crippen molar-refractivity contribution in [3.63, 3.8) is 0 Å². The number of hydrogen-bond donors (Lipinski definition) is 1. The third-order valence-corrected chi connectivity index (χ3v) is 3.60. The normalized spacial score (nSPS) is 13.7. The fourth-order valence-electron chi connectivity index (χ4n) is 2.72. The Morgan fingerprint density at radius 2 is 1.95 bits per heavy atom. The summed E-state index contributed by atoms with van der Waals surface area (Å²) in [5.74, 6) is 0.967. The quantitative estimate of drug-likeness (QED) is 0.858. The van der Waals surface area contributed by atoms with Gasteiger partial charge in [0.1, 0.15) is 5.75 Å². The first-order chi connectivity index (χ1) is 8.83. The molecule has 0 aliphatic rings.